The van der Waals surface area contributed by atoms with Crippen LogP contribution in [0.3, 0.4) is 0 Å². The first-order valence-corrected chi connectivity index (χ1v) is 6.88. The van der Waals surface area contributed by atoms with E-state index in [1.165, 1.54) is 24.1 Å². The quantitative estimate of drug-likeness (QED) is 0.881. The molecule has 0 amide bonds. The Morgan fingerprint density at radius 1 is 1.21 bits per heavy atom. The van der Waals surface area contributed by atoms with Crippen LogP contribution in [0.4, 0.5) is 5.69 Å². The van der Waals surface area contributed by atoms with E-state index in [0.717, 1.165) is 31.1 Å². The van der Waals surface area contributed by atoms with E-state index in [-0.39, 0.29) is 5.41 Å². The highest BCUT2D eigenvalue weighted by molar-refractivity contribution is 5.70. The van der Waals surface area contributed by atoms with Gasteiger partial charge in [-0.1, -0.05) is 0 Å². The van der Waals surface area contributed by atoms with Gasteiger partial charge in [0.25, 0.3) is 0 Å². The van der Waals surface area contributed by atoms with Crippen LogP contribution in [0.15, 0.2) is 12.1 Å². The van der Waals surface area contributed by atoms with Crippen LogP contribution in [0, 0.1) is 0 Å². The SMILES string of the molecule is COc1cc(OC)c2c(c1)C1(CCNC1)CCN2C. The number of hydrogen-bond donors (Lipinski definition) is 1. The molecule has 1 unspecified atom stereocenters. The molecule has 1 saturated heterocycles. The zero-order valence-corrected chi connectivity index (χ0v) is 12.0. The van der Waals surface area contributed by atoms with Crippen LogP contribution >= 0.6 is 0 Å². The van der Waals surface area contributed by atoms with E-state index in [0.29, 0.717) is 0 Å². The summed E-state index contributed by atoms with van der Waals surface area (Å²) in [7, 11) is 5.59. The minimum Gasteiger partial charge on any atom is -0.497 e. The van der Waals surface area contributed by atoms with E-state index in [4.69, 9.17) is 9.47 Å². The van der Waals surface area contributed by atoms with Crippen molar-refractivity contribution in [2.75, 3.05) is 45.8 Å². The maximum atomic E-state index is 5.59. The van der Waals surface area contributed by atoms with Crippen LogP contribution in [-0.4, -0.2) is 40.9 Å². The number of ether oxygens (including phenoxy) is 2. The van der Waals surface area contributed by atoms with Gasteiger partial charge < -0.3 is 19.7 Å². The third-order valence-electron chi connectivity index (χ3n) is 4.63. The average molecular weight is 262 g/mol. The van der Waals surface area contributed by atoms with Crippen molar-refractivity contribution in [1.82, 2.24) is 5.32 Å². The molecule has 0 aliphatic carbocycles. The maximum absolute atomic E-state index is 5.59. The summed E-state index contributed by atoms with van der Waals surface area (Å²) in [6.07, 6.45) is 2.39. The van der Waals surface area contributed by atoms with Gasteiger partial charge in [0.2, 0.25) is 0 Å². The van der Waals surface area contributed by atoms with Crippen molar-refractivity contribution in [1.29, 1.82) is 0 Å². The van der Waals surface area contributed by atoms with Gasteiger partial charge in [-0.15, -0.1) is 0 Å². The Balaban J connectivity index is 2.19. The lowest BCUT2D eigenvalue weighted by atomic mass is 9.73. The van der Waals surface area contributed by atoms with Crippen molar-refractivity contribution in [2.45, 2.75) is 18.3 Å². The third kappa shape index (κ3) is 1.86. The van der Waals surface area contributed by atoms with Gasteiger partial charge in [0.05, 0.1) is 19.9 Å². The van der Waals surface area contributed by atoms with E-state index in [9.17, 15) is 0 Å². The van der Waals surface area contributed by atoms with Crippen molar-refractivity contribution < 1.29 is 9.47 Å². The van der Waals surface area contributed by atoms with Gasteiger partial charge in [0.1, 0.15) is 11.5 Å². The van der Waals surface area contributed by atoms with E-state index in [2.05, 4.69) is 23.3 Å². The molecule has 4 heteroatoms. The Morgan fingerprint density at radius 2 is 2.05 bits per heavy atom. The second kappa shape index (κ2) is 4.60. The fourth-order valence-electron chi connectivity index (χ4n) is 3.47. The molecule has 4 nitrogen and oxygen atoms in total. The number of benzene rings is 1. The molecule has 0 radical (unpaired) electrons. The summed E-state index contributed by atoms with van der Waals surface area (Å²) in [6, 6.07) is 4.18. The number of methoxy groups -OCH3 is 2. The molecule has 2 heterocycles. The number of hydrogen-bond acceptors (Lipinski definition) is 4. The van der Waals surface area contributed by atoms with Crippen LogP contribution in [0.1, 0.15) is 18.4 Å². The summed E-state index contributed by atoms with van der Waals surface area (Å²) in [5.41, 5.74) is 2.87. The first-order valence-electron chi connectivity index (χ1n) is 6.88. The maximum Gasteiger partial charge on any atom is 0.146 e. The standard InChI is InChI=1S/C15H22N2O2/c1-17-7-5-15(4-6-16-10-15)12-8-11(18-2)9-13(19-3)14(12)17/h8-9,16H,4-7,10H2,1-3H3. The minimum absolute atomic E-state index is 0.254. The molecule has 1 aromatic rings. The van der Waals surface area contributed by atoms with Crippen molar-refractivity contribution in [3.63, 3.8) is 0 Å². The lowest BCUT2D eigenvalue weighted by Gasteiger charge is -2.41. The highest BCUT2D eigenvalue weighted by Gasteiger charge is 2.42. The first kappa shape index (κ1) is 12.6. The van der Waals surface area contributed by atoms with Gasteiger partial charge in [0.15, 0.2) is 0 Å². The second-order valence-corrected chi connectivity index (χ2v) is 5.60. The lowest BCUT2D eigenvalue weighted by Crippen LogP contribution is -2.40. The number of fused-ring (bicyclic) bond motifs is 2. The van der Waals surface area contributed by atoms with Gasteiger partial charge in [-0.3, -0.25) is 0 Å². The molecule has 1 spiro atoms. The molecular weight excluding hydrogens is 240 g/mol. The molecule has 1 atom stereocenters. The van der Waals surface area contributed by atoms with Crippen molar-refractivity contribution in [2.24, 2.45) is 0 Å². The van der Waals surface area contributed by atoms with E-state index in [1.807, 2.05) is 6.07 Å². The lowest BCUT2D eigenvalue weighted by molar-refractivity contribution is 0.375. The minimum atomic E-state index is 0.254. The van der Waals surface area contributed by atoms with Crippen LogP contribution in [0.2, 0.25) is 0 Å². The molecule has 3 rings (SSSR count). The number of nitrogens with one attached hydrogen (secondary N) is 1. The Labute approximate surface area is 114 Å². The molecule has 1 N–H and O–H groups in total. The number of rotatable bonds is 2. The van der Waals surface area contributed by atoms with Gasteiger partial charge in [-0.25, -0.2) is 0 Å². The summed E-state index contributed by atoms with van der Waals surface area (Å²) < 4.78 is 11.0. The monoisotopic (exact) mass is 262 g/mol. The predicted molar refractivity (Wildman–Crippen MR) is 76.6 cm³/mol. The Bertz CT molecular complexity index is 481. The molecule has 0 saturated carbocycles. The van der Waals surface area contributed by atoms with E-state index in [1.54, 1.807) is 14.2 Å². The molecular formula is C15H22N2O2. The van der Waals surface area contributed by atoms with Gasteiger partial charge in [-0.2, -0.15) is 0 Å². The van der Waals surface area contributed by atoms with Crippen LogP contribution < -0.4 is 19.7 Å². The van der Waals surface area contributed by atoms with Crippen molar-refractivity contribution in [3.8, 4) is 11.5 Å². The van der Waals surface area contributed by atoms with Crippen LogP contribution in [0.5, 0.6) is 11.5 Å². The smallest absolute Gasteiger partial charge is 0.146 e. The highest BCUT2D eigenvalue weighted by Crippen LogP contribution is 2.48. The summed E-state index contributed by atoms with van der Waals surface area (Å²) in [5.74, 6) is 1.81. The third-order valence-corrected chi connectivity index (χ3v) is 4.63. The topological polar surface area (TPSA) is 33.7 Å². The molecule has 104 valence electrons. The summed E-state index contributed by atoms with van der Waals surface area (Å²) >= 11 is 0. The predicted octanol–water partition coefficient (Wildman–Crippen LogP) is 1.77. The molecule has 1 fully saturated rings. The zero-order chi connectivity index (χ0) is 13.5. The Hall–Kier alpha value is -1.42. The fourth-order valence-corrected chi connectivity index (χ4v) is 3.47. The van der Waals surface area contributed by atoms with Crippen molar-refractivity contribution in [3.05, 3.63) is 17.7 Å². The molecule has 0 bridgehead atoms. The Kier molecular flexibility index (Phi) is 3.05. The Morgan fingerprint density at radius 3 is 2.68 bits per heavy atom. The average Bonchev–Trinajstić information content (AvgIpc) is 2.91. The first-order chi connectivity index (χ1) is 9.20. The second-order valence-electron chi connectivity index (χ2n) is 5.60. The van der Waals surface area contributed by atoms with Gasteiger partial charge in [-0.05, 0) is 31.0 Å². The van der Waals surface area contributed by atoms with Crippen LogP contribution in [0.25, 0.3) is 0 Å². The number of nitrogens with zero attached hydrogens (tertiary/aromatic N) is 1. The molecule has 2 aliphatic heterocycles. The van der Waals surface area contributed by atoms with Gasteiger partial charge in [0, 0.05) is 31.6 Å². The molecule has 1 aromatic carbocycles. The zero-order valence-electron chi connectivity index (χ0n) is 12.0. The van der Waals surface area contributed by atoms with E-state index >= 15 is 0 Å². The molecule has 2 aliphatic rings. The van der Waals surface area contributed by atoms with E-state index < -0.39 is 0 Å². The fraction of sp³-hybridized carbons (Fsp3) is 0.600. The number of anilines is 1. The summed E-state index contributed by atoms with van der Waals surface area (Å²) in [5, 5.41) is 3.51. The van der Waals surface area contributed by atoms with Crippen molar-refractivity contribution >= 4 is 5.69 Å². The largest absolute Gasteiger partial charge is 0.497 e. The highest BCUT2D eigenvalue weighted by atomic mass is 16.5. The normalized spacial score (nSPS) is 25.5. The summed E-state index contributed by atoms with van der Waals surface area (Å²) in [4.78, 5) is 2.30. The molecule has 19 heavy (non-hydrogen) atoms. The van der Waals surface area contributed by atoms with Crippen LogP contribution in [-0.2, 0) is 5.41 Å². The summed E-state index contributed by atoms with van der Waals surface area (Å²) in [6.45, 7) is 3.24. The van der Waals surface area contributed by atoms with Gasteiger partial charge >= 0.3 is 0 Å². The molecule has 0 aromatic heterocycles.